The van der Waals surface area contributed by atoms with Crippen LogP contribution in [0.4, 0.5) is 0 Å². The molecule has 0 unspecified atom stereocenters. The van der Waals surface area contributed by atoms with Crippen LogP contribution in [-0.4, -0.2) is 54.2 Å². The summed E-state index contributed by atoms with van der Waals surface area (Å²) in [7, 11) is 0. The van der Waals surface area contributed by atoms with Crippen LogP contribution in [0.1, 0.15) is 50.2 Å². The molecule has 2 N–H and O–H groups in total. The molecule has 0 aromatic heterocycles. The standard InChI is InChI=1S/C22H32N2O4/c1-3-28-18-9-8-17(14-16(18)2)6-4-7-20(26)24-13-10-19(25)22(15-24)11-5-12-23-21(22)27/h8-9,14,19,25H,3-7,10-13,15H2,1-2H3,(H,23,27)/t19-,22+/m0/s1. The summed E-state index contributed by atoms with van der Waals surface area (Å²) >= 11 is 0. The van der Waals surface area contributed by atoms with E-state index in [0.29, 0.717) is 45.5 Å². The molecule has 28 heavy (non-hydrogen) atoms. The zero-order valence-electron chi connectivity index (χ0n) is 17.0. The van der Waals surface area contributed by atoms with Crippen molar-refractivity contribution in [2.24, 2.45) is 5.41 Å². The Morgan fingerprint density at radius 3 is 2.96 bits per heavy atom. The van der Waals surface area contributed by atoms with Gasteiger partial charge in [0.2, 0.25) is 11.8 Å². The molecule has 1 spiro atoms. The number of benzene rings is 1. The highest BCUT2D eigenvalue weighted by Gasteiger charge is 2.50. The molecule has 1 aromatic rings. The Morgan fingerprint density at radius 2 is 2.25 bits per heavy atom. The fourth-order valence-electron chi connectivity index (χ4n) is 4.44. The number of ether oxygens (including phenoxy) is 1. The molecule has 2 heterocycles. The maximum atomic E-state index is 12.7. The molecule has 3 rings (SSSR count). The zero-order chi connectivity index (χ0) is 20.1. The number of aliphatic hydroxyl groups is 1. The molecule has 2 atom stereocenters. The Hall–Kier alpha value is -2.08. The number of nitrogens with one attached hydrogen (secondary N) is 1. The number of aliphatic hydroxyl groups excluding tert-OH is 1. The van der Waals surface area contributed by atoms with Crippen LogP contribution in [0.15, 0.2) is 18.2 Å². The Morgan fingerprint density at radius 1 is 1.43 bits per heavy atom. The first-order valence-corrected chi connectivity index (χ1v) is 10.4. The highest BCUT2D eigenvalue weighted by molar-refractivity contribution is 5.86. The van der Waals surface area contributed by atoms with Gasteiger partial charge < -0.3 is 20.1 Å². The van der Waals surface area contributed by atoms with E-state index < -0.39 is 11.5 Å². The third-order valence-corrected chi connectivity index (χ3v) is 6.07. The van der Waals surface area contributed by atoms with E-state index in [-0.39, 0.29) is 11.8 Å². The minimum atomic E-state index is -0.821. The lowest BCUT2D eigenvalue weighted by atomic mass is 9.71. The molecule has 0 aliphatic carbocycles. The average molecular weight is 389 g/mol. The number of likely N-dealkylation sites (tertiary alicyclic amines) is 1. The molecule has 0 radical (unpaired) electrons. The van der Waals surface area contributed by atoms with Gasteiger partial charge in [-0.05, 0) is 63.1 Å². The van der Waals surface area contributed by atoms with Gasteiger partial charge in [0, 0.05) is 26.1 Å². The maximum absolute atomic E-state index is 12.7. The highest BCUT2D eigenvalue weighted by atomic mass is 16.5. The van der Waals surface area contributed by atoms with Crippen LogP contribution >= 0.6 is 0 Å². The van der Waals surface area contributed by atoms with Gasteiger partial charge in [-0.25, -0.2) is 0 Å². The topological polar surface area (TPSA) is 78.9 Å². The Balaban J connectivity index is 1.53. The second kappa shape index (κ2) is 8.95. The lowest BCUT2D eigenvalue weighted by Gasteiger charge is -2.46. The number of aryl methyl sites for hydroxylation is 2. The highest BCUT2D eigenvalue weighted by Crippen LogP contribution is 2.37. The van der Waals surface area contributed by atoms with Crippen molar-refractivity contribution in [3.8, 4) is 5.75 Å². The van der Waals surface area contributed by atoms with Crippen molar-refractivity contribution in [2.45, 2.75) is 58.5 Å². The minimum Gasteiger partial charge on any atom is -0.494 e. The van der Waals surface area contributed by atoms with Gasteiger partial charge in [0.05, 0.1) is 18.1 Å². The predicted molar refractivity (Wildman–Crippen MR) is 107 cm³/mol. The van der Waals surface area contributed by atoms with E-state index >= 15 is 0 Å². The molecule has 154 valence electrons. The molecule has 2 aliphatic rings. The second-order valence-corrected chi connectivity index (χ2v) is 8.02. The molecule has 1 aromatic carbocycles. The van der Waals surface area contributed by atoms with Gasteiger partial charge in [0.1, 0.15) is 5.75 Å². The van der Waals surface area contributed by atoms with Crippen LogP contribution in [0.3, 0.4) is 0 Å². The first kappa shape index (κ1) is 20.6. The smallest absolute Gasteiger partial charge is 0.230 e. The monoisotopic (exact) mass is 388 g/mol. The molecule has 6 nitrogen and oxygen atoms in total. The largest absolute Gasteiger partial charge is 0.494 e. The van der Waals surface area contributed by atoms with Crippen LogP contribution in [-0.2, 0) is 16.0 Å². The third kappa shape index (κ3) is 4.32. The Bertz CT molecular complexity index is 720. The number of amides is 2. The van der Waals surface area contributed by atoms with E-state index in [2.05, 4.69) is 17.4 Å². The van der Waals surface area contributed by atoms with Crippen molar-refractivity contribution >= 4 is 11.8 Å². The normalized spacial score (nSPS) is 24.9. The van der Waals surface area contributed by atoms with Crippen LogP contribution in [0, 0.1) is 12.3 Å². The molecule has 2 amide bonds. The number of carbonyl (C=O) groups is 2. The SMILES string of the molecule is CCOc1ccc(CCCC(=O)N2CC[C@H](O)[C@@]3(CCCNC3=O)C2)cc1C. The molecular formula is C22H32N2O4. The molecule has 0 bridgehead atoms. The van der Waals surface area contributed by atoms with Crippen LogP contribution in [0.5, 0.6) is 5.75 Å². The Labute approximate surface area is 167 Å². The van der Waals surface area contributed by atoms with Crippen LogP contribution < -0.4 is 10.1 Å². The Kier molecular flexibility index (Phi) is 6.60. The number of nitrogens with zero attached hydrogens (tertiary/aromatic N) is 1. The summed E-state index contributed by atoms with van der Waals surface area (Å²) in [5.41, 5.74) is 1.49. The zero-order valence-corrected chi connectivity index (χ0v) is 17.0. The van der Waals surface area contributed by atoms with Gasteiger partial charge in [-0.1, -0.05) is 12.1 Å². The molecule has 2 saturated heterocycles. The maximum Gasteiger partial charge on any atom is 0.230 e. The first-order valence-electron chi connectivity index (χ1n) is 10.4. The van der Waals surface area contributed by atoms with Crippen LogP contribution in [0.25, 0.3) is 0 Å². The lowest BCUT2D eigenvalue weighted by molar-refractivity contribution is -0.154. The van der Waals surface area contributed by atoms with Crippen molar-refractivity contribution in [2.75, 3.05) is 26.2 Å². The first-order chi connectivity index (χ1) is 13.5. The van der Waals surface area contributed by atoms with Crippen molar-refractivity contribution in [3.63, 3.8) is 0 Å². The summed E-state index contributed by atoms with van der Waals surface area (Å²) in [6.07, 6.45) is 3.36. The van der Waals surface area contributed by atoms with Gasteiger partial charge in [-0.15, -0.1) is 0 Å². The summed E-state index contributed by atoms with van der Waals surface area (Å²) in [6, 6.07) is 6.17. The number of piperidine rings is 2. The molecule has 2 fully saturated rings. The summed E-state index contributed by atoms with van der Waals surface area (Å²) in [4.78, 5) is 26.9. The molecule has 0 saturated carbocycles. The second-order valence-electron chi connectivity index (χ2n) is 8.02. The number of hydrogen-bond acceptors (Lipinski definition) is 4. The van der Waals surface area contributed by atoms with E-state index in [4.69, 9.17) is 4.74 Å². The summed E-state index contributed by atoms with van der Waals surface area (Å²) in [5.74, 6) is 0.881. The molecule has 2 aliphatic heterocycles. The van der Waals surface area contributed by atoms with Crippen molar-refractivity contribution in [3.05, 3.63) is 29.3 Å². The van der Waals surface area contributed by atoms with Gasteiger partial charge in [-0.3, -0.25) is 9.59 Å². The third-order valence-electron chi connectivity index (χ3n) is 6.07. The van der Waals surface area contributed by atoms with Gasteiger partial charge >= 0.3 is 0 Å². The van der Waals surface area contributed by atoms with E-state index in [9.17, 15) is 14.7 Å². The van der Waals surface area contributed by atoms with Crippen molar-refractivity contribution in [1.82, 2.24) is 10.2 Å². The van der Waals surface area contributed by atoms with E-state index in [1.54, 1.807) is 4.90 Å². The van der Waals surface area contributed by atoms with Gasteiger partial charge in [0.15, 0.2) is 0 Å². The lowest BCUT2D eigenvalue weighted by Crippen LogP contribution is -2.62. The van der Waals surface area contributed by atoms with E-state index in [1.807, 2.05) is 19.9 Å². The van der Waals surface area contributed by atoms with Crippen molar-refractivity contribution < 1.29 is 19.4 Å². The summed E-state index contributed by atoms with van der Waals surface area (Å²) in [5, 5.41) is 13.3. The van der Waals surface area contributed by atoms with E-state index in [0.717, 1.165) is 30.6 Å². The van der Waals surface area contributed by atoms with Crippen LogP contribution in [0.2, 0.25) is 0 Å². The van der Waals surface area contributed by atoms with Crippen molar-refractivity contribution in [1.29, 1.82) is 0 Å². The minimum absolute atomic E-state index is 0.0762. The quantitative estimate of drug-likeness (QED) is 0.783. The fraction of sp³-hybridized carbons (Fsp3) is 0.636. The van der Waals surface area contributed by atoms with Gasteiger partial charge in [0.25, 0.3) is 0 Å². The number of carbonyl (C=O) groups excluding carboxylic acids is 2. The van der Waals surface area contributed by atoms with E-state index in [1.165, 1.54) is 5.56 Å². The average Bonchev–Trinajstić information content (AvgIpc) is 2.68. The summed E-state index contributed by atoms with van der Waals surface area (Å²) in [6.45, 7) is 6.17. The predicted octanol–water partition coefficient (Wildman–Crippen LogP) is 2.21. The van der Waals surface area contributed by atoms with Gasteiger partial charge in [-0.2, -0.15) is 0 Å². The fourth-order valence-corrected chi connectivity index (χ4v) is 4.44. The number of hydrogen-bond donors (Lipinski definition) is 2. The molecule has 6 heteroatoms. The molecular weight excluding hydrogens is 356 g/mol. The summed E-state index contributed by atoms with van der Waals surface area (Å²) < 4.78 is 5.57. The number of rotatable bonds is 6.